The summed E-state index contributed by atoms with van der Waals surface area (Å²) in [6.07, 6.45) is 3.68. The van der Waals surface area contributed by atoms with E-state index < -0.39 is 0 Å². The van der Waals surface area contributed by atoms with Crippen molar-refractivity contribution in [2.24, 2.45) is 5.92 Å². The lowest BCUT2D eigenvalue weighted by atomic mass is 10.0. The SMILES string of the molecule is CC(C)CN(Cc1cccc(-c2ccc3ncnc(N4CCOCC4)c3c2)c1)C(=O)Cc1ccccn1. The van der Waals surface area contributed by atoms with Gasteiger partial charge in [0.1, 0.15) is 12.1 Å². The van der Waals surface area contributed by atoms with Gasteiger partial charge in [0.05, 0.1) is 25.2 Å². The molecule has 1 aliphatic heterocycles. The average molecular weight is 496 g/mol. The number of anilines is 1. The number of ether oxygens (including phenoxy) is 1. The summed E-state index contributed by atoms with van der Waals surface area (Å²) in [5.41, 5.74) is 5.04. The van der Waals surface area contributed by atoms with Crippen molar-refractivity contribution >= 4 is 22.6 Å². The molecule has 0 saturated carbocycles. The molecule has 3 heterocycles. The number of nitrogens with zero attached hydrogens (tertiary/aromatic N) is 5. The summed E-state index contributed by atoms with van der Waals surface area (Å²) in [6, 6.07) is 20.5. The molecule has 0 bridgehead atoms. The van der Waals surface area contributed by atoms with Crippen LogP contribution >= 0.6 is 0 Å². The van der Waals surface area contributed by atoms with Crippen LogP contribution in [0.2, 0.25) is 0 Å². The summed E-state index contributed by atoms with van der Waals surface area (Å²) in [7, 11) is 0. The first-order chi connectivity index (χ1) is 18.1. The highest BCUT2D eigenvalue weighted by molar-refractivity contribution is 5.93. The smallest absolute Gasteiger partial charge is 0.228 e. The number of aromatic nitrogens is 3. The Bertz CT molecular complexity index is 1350. The quantitative estimate of drug-likeness (QED) is 0.351. The van der Waals surface area contributed by atoms with Gasteiger partial charge in [-0.25, -0.2) is 9.97 Å². The highest BCUT2D eigenvalue weighted by Gasteiger charge is 2.18. The van der Waals surface area contributed by atoms with Gasteiger partial charge in [-0.1, -0.05) is 44.2 Å². The van der Waals surface area contributed by atoms with Gasteiger partial charge in [0.25, 0.3) is 0 Å². The zero-order valence-electron chi connectivity index (χ0n) is 21.5. The fraction of sp³-hybridized carbons (Fsp3) is 0.333. The van der Waals surface area contributed by atoms with Gasteiger partial charge < -0.3 is 14.5 Å². The third-order valence-electron chi connectivity index (χ3n) is 6.56. The molecule has 0 aliphatic carbocycles. The van der Waals surface area contributed by atoms with Crippen LogP contribution in [0.4, 0.5) is 5.82 Å². The first-order valence-corrected chi connectivity index (χ1v) is 12.9. The van der Waals surface area contributed by atoms with Crippen LogP contribution in [-0.4, -0.2) is 58.6 Å². The minimum absolute atomic E-state index is 0.0933. The van der Waals surface area contributed by atoms with Crippen molar-refractivity contribution in [3.05, 3.63) is 84.4 Å². The summed E-state index contributed by atoms with van der Waals surface area (Å²) in [5, 5.41) is 1.04. The van der Waals surface area contributed by atoms with Crippen LogP contribution in [0.5, 0.6) is 0 Å². The van der Waals surface area contributed by atoms with E-state index in [0.29, 0.717) is 38.6 Å². The van der Waals surface area contributed by atoms with Crippen LogP contribution in [0.1, 0.15) is 25.1 Å². The lowest BCUT2D eigenvalue weighted by Gasteiger charge is -2.28. The molecular formula is C30H33N5O2. The molecule has 0 N–H and O–H groups in total. The minimum atomic E-state index is 0.0933. The van der Waals surface area contributed by atoms with Crippen molar-refractivity contribution in [2.75, 3.05) is 37.7 Å². The number of carbonyl (C=O) groups is 1. The van der Waals surface area contributed by atoms with E-state index in [9.17, 15) is 4.79 Å². The lowest BCUT2D eigenvalue weighted by molar-refractivity contribution is -0.131. The Kier molecular flexibility index (Phi) is 7.70. The molecule has 0 atom stereocenters. The van der Waals surface area contributed by atoms with Crippen molar-refractivity contribution < 1.29 is 9.53 Å². The monoisotopic (exact) mass is 495 g/mol. The first-order valence-electron chi connectivity index (χ1n) is 12.9. The molecule has 1 fully saturated rings. The number of benzene rings is 2. The van der Waals surface area contributed by atoms with E-state index >= 15 is 0 Å². The van der Waals surface area contributed by atoms with Gasteiger partial charge in [0.15, 0.2) is 0 Å². The molecule has 7 nitrogen and oxygen atoms in total. The summed E-state index contributed by atoms with van der Waals surface area (Å²) in [4.78, 5) is 30.9. The molecule has 2 aromatic carbocycles. The molecule has 0 unspecified atom stereocenters. The Hall–Kier alpha value is -3.84. The summed E-state index contributed by atoms with van der Waals surface area (Å²) in [5.74, 6) is 1.42. The second-order valence-electron chi connectivity index (χ2n) is 9.89. The normalized spacial score (nSPS) is 13.8. The number of fused-ring (bicyclic) bond motifs is 1. The molecule has 2 aromatic heterocycles. The van der Waals surface area contributed by atoms with Crippen LogP contribution in [0, 0.1) is 5.92 Å². The molecule has 1 saturated heterocycles. The van der Waals surface area contributed by atoms with Gasteiger partial charge in [0, 0.05) is 43.5 Å². The van der Waals surface area contributed by atoms with Crippen LogP contribution < -0.4 is 4.90 Å². The van der Waals surface area contributed by atoms with Crippen LogP contribution in [0.15, 0.2) is 73.2 Å². The Labute approximate surface area is 218 Å². The predicted molar refractivity (Wildman–Crippen MR) is 146 cm³/mol. The van der Waals surface area contributed by atoms with Gasteiger partial charge in [-0.15, -0.1) is 0 Å². The molecule has 1 amide bonds. The largest absolute Gasteiger partial charge is 0.378 e. The third kappa shape index (κ3) is 6.12. The van der Waals surface area contributed by atoms with E-state index in [4.69, 9.17) is 4.74 Å². The van der Waals surface area contributed by atoms with Crippen LogP contribution in [0.3, 0.4) is 0 Å². The lowest BCUT2D eigenvalue weighted by Crippen LogP contribution is -2.36. The van der Waals surface area contributed by atoms with E-state index in [1.54, 1.807) is 12.5 Å². The van der Waals surface area contributed by atoms with Crippen LogP contribution in [0.25, 0.3) is 22.0 Å². The topological polar surface area (TPSA) is 71.5 Å². The molecule has 4 aromatic rings. The summed E-state index contributed by atoms with van der Waals surface area (Å²) < 4.78 is 5.53. The van der Waals surface area contributed by atoms with Crippen molar-refractivity contribution in [2.45, 2.75) is 26.8 Å². The van der Waals surface area contributed by atoms with E-state index in [1.165, 1.54) is 0 Å². The second-order valence-corrected chi connectivity index (χ2v) is 9.89. The number of amides is 1. The van der Waals surface area contributed by atoms with Crippen molar-refractivity contribution in [3.63, 3.8) is 0 Å². The number of hydrogen-bond acceptors (Lipinski definition) is 6. The highest BCUT2D eigenvalue weighted by Crippen LogP contribution is 2.30. The third-order valence-corrected chi connectivity index (χ3v) is 6.56. The molecule has 0 radical (unpaired) electrons. The van der Waals surface area contributed by atoms with Gasteiger partial charge in [-0.2, -0.15) is 0 Å². The minimum Gasteiger partial charge on any atom is -0.378 e. The second kappa shape index (κ2) is 11.5. The van der Waals surface area contributed by atoms with Crippen molar-refractivity contribution in [1.29, 1.82) is 0 Å². The van der Waals surface area contributed by atoms with Crippen molar-refractivity contribution in [3.8, 4) is 11.1 Å². The summed E-state index contributed by atoms with van der Waals surface area (Å²) >= 11 is 0. The standard InChI is InChI=1S/C30H33N5O2/c1-22(2)19-35(29(36)18-26-8-3-4-11-31-26)20-23-6-5-7-24(16-23)25-9-10-28-27(17-25)30(33-21-32-28)34-12-14-37-15-13-34/h3-11,16-17,21-22H,12-15,18-20H2,1-2H3. The number of morpholine rings is 1. The summed E-state index contributed by atoms with van der Waals surface area (Å²) in [6.45, 7) is 8.60. The Morgan fingerprint density at radius 1 is 0.973 bits per heavy atom. The number of pyridine rings is 1. The molecule has 37 heavy (non-hydrogen) atoms. The first kappa shape index (κ1) is 24.8. The van der Waals surface area contributed by atoms with E-state index in [1.807, 2.05) is 23.1 Å². The van der Waals surface area contributed by atoms with Gasteiger partial charge in [-0.05, 0) is 52.9 Å². The molecule has 5 rings (SSSR count). The maximum absolute atomic E-state index is 13.2. The number of hydrogen-bond donors (Lipinski definition) is 0. The number of carbonyl (C=O) groups excluding carboxylic acids is 1. The molecular weight excluding hydrogens is 462 g/mol. The Balaban J connectivity index is 1.40. The van der Waals surface area contributed by atoms with Crippen molar-refractivity contribution in [1.82, 2.24) is 19.9 Å². The highest BCUT2D eigenvalue weighted by atomic mass is 16.5. The molecule has 1 aliphatic rings. The zero-order chi connectivity index (χ0) is 25.6. The van der Waals surface area contributed by atoms with E-state index in [-0.39, 0.29) is 5.91 Å². The molecule has 190 valence electrons. The maximum atomic E-state index is 13.2. The Morgan fingerprint density at radius 2 is 1.81 bits per heavy atom. The Morgan fingerprint density at radius 3 is 2.59 bits per heavy atom. The maximum Gasteiger partial charge on any atom is 0.228 e. The van der Waals surface area contributed by atoms with Gasteiger partial charge >= 0.3 is 0 Å². The average Bonchev–Trinajstić information content (AvgIpc) is 2.93. The number of rotatable bonds is 8. The molecule has 0 spiro atoms. The fourth-order valence-corrected chi connectivity index (χ4v) is 4.78. The van der Waals surface area contributed by atoms with Crippen LogP contribution in [-0.2, 0) is 22.5 Å². The molecule has 7 heteroatoms. The zero-order valence-corrected chi connectivity index (χ0v) is 21.5. The predicted octanol–water partition coefficient (Wildman–Crippen LogP) is 4.76. The van der Waals surface area contributed by atoms with E-state index in [2.05, 4.69) is 76.2 Å². The van der Waals surface area contributed by atoms with Gasteiger partial charge in [-0.3, -0.25) is 9.78 Å². The fourth-order valence-electron chi connectivity index (χ4n) is 4.78. The van der Waals surface area contributed by atoms with E-state index in [0.717, 1.165) is 52.2 Å². The van der Waals surface area contributed by atoms with Gasteiger partial charge in [0.2, 0.25) is 5.91 Å².